The maximum absolute atomic E-state index is 11.4. The molecule has 0 aliphatic heterocycles. The Bertz CT molecular complexity index is 155. The van der Waals surface area contributed by atoms with E-state index in [9.17, 15) is 13.6 Å². The molecule has 4 heteroatoms. The lowest BCUT2D eigenvalue weighted by atomic mass is 10.4. The van der Waals surface area contributed by atoms with Gasteiger partial charge in [-0.3, -0.25) is 0 Å². The summed E-state index contributed by atoms with van der Waals surface area (Å²) in [5.41, 5.74) is 0.202. The summed E-state index contributed by atoms with van der Waals surface area (Å²) in [7, 11) is 0. The summed E-state index contributed by atoms with van der Waals surface area (Å²) in [6.45, 7) is 4.35. The average molecular weight is 163 g/mol. The summed E-state index contributed by atoms with van der Waals surface area (Å²) in [6, 6.07) is 0. The van der Waals surface area contributed by atoms with E-state index in [0.717, 1.165) is 0 Å². The number of rotatable bonds is 4. The molecule has 0 spiro atoms. The molecule has 0 aromatic carbocycles. The van der Waals surface area contributed by atoms with E-state index in [1.807, 2.05) is 0 Å². The van der Waals surface area contributed by atoms with Crippen LogP contribution >= 0.6 is 0 Å². The molecule has 0 fully saturated rings. The van der Waals surface area contributed by atoms with Crippen molar-refractivity contribution in [1.29, 1.82) is 0 Å². The van der Waals surface area contributed by atoms with Gasteiger partial charge in [-0.05, 0) is 6.92 Å². The van der Waals surface area contributed by atoms with Crippen molar-refractivity contribution in [2.24, 2.45) is 0 Å². The number of hydrogen-bond acceptors (Lipinski definition) is 2. The van der Waals surface area contributed by atoms with Gasteiger partial charge in [-0.15, -0.1) is 0 Å². The van der Waals surface area contributed by atoms with Crippen LogP contribution in [0.3, 0.4) is 0 Å². The molecular formula is C7H9F2O2. The minimum atomic E-state index is -2.55. The number of ether oxygens (including phenoxy) is 1. The van der Waals surface area contributed by atoms with E-state index in [-0.39, 0.29) is 12.2 Å². The molecule has 0 saturated heterocycles. The molecule has 1 radical (unpaired) electrons. The van der Waals surface area contributed by atoms with Gasteiger partial charge in [-0.2, -0.15) is 0 Å². The number of carbonyl (C=O) groups excluding carboxylic acids is 1. The maximum Gasteiger partial charge on any atom is 0.333 e. The zero-order valence-corrected chi connectivity index (χ0v) is 6.14. The van der Waals surface area contributed by atoms with Crippen molar-refractivity contribution in [3.63, 3.8) is 0 Å². The third-order valence-corrected chi connectivity index (χ3v) is 0.837. The summed E-state index contributed by atoms with van der Waals surface area (Å²) in [5.74, 6) is -0.651. The second-order valence-electron chi connectivity index (χ2n) is 1.95. The quantitative estimate of drug-likeness (QED) is 0.464. The van der Waals surface area contributed by atoms with Crippen molar-refractivity contribution < 1.29 is 18.3 Å². The Morgan fingerprint density at radius 3 is 2.64 bits per heavy atom. The van der Waals surface area contributed by atoms with Crippen LogP contribution in [-0.4, -0.2) is 19.0 Å². The zero-order valence-electron chi connectivity index (χ0n) is 6.14. The van der Waals surface area contributed by atoms with Crippen LogP contribution in [0.1, 0.15) is 6.92 Å². The number of carbonyl (C=O) groups is 1. The van der Waals surface area contributed by atoms with Gasteiger partial charge in [0.25, 0.3) is 0 Å². The van der Waals surface area contributed by atoms with Crippen LogP contribution in [0.4, 0.5) is 8.78 Å². The number of alkyl halides is 2. The molecule has 0 saturated carbocycles. The fourth-order valence-corrected chi connectivity index (χ4v) is 0.320. The van der Waals surface area contributed by atoms with Gasteiger partial charge >= 0.3 is 5.97 Å². The monoisotopic (exact) mass is 163 g/mol. The van der Waals surface area contributed by atoms with Crippen LogP contribution < -0.4 is 0 Å². The summed E-state index contributed by atoms with van der Waals surface area (Å²) >= 11 is 0. The van der Waals surface area contributed by atoms with Crippen LogP contribution in [0.5, 0.6) is 0 Å². The maximum atomic E-state index is 11.4. The molecule has 0 amide bonds. The SMILES string of the molecule is C=C(C)C(=O)OC[CH]C(F)F. The Hall–Kier alpha value is -0.930. The highest BCUT2D eigenvalue weighted by molar-refractivity contribution is 5.86. The first-order chi connectivity index (χ1) is 5.04. The van der Waals surface area contributed by atoms with Crippen molar-refractivity contribution in [2.75, 3.05) is 6.61 Å². The fraction of sp³-hybridized carbons (Fsp3) is 0.429. The van der Waals surface area contributed by atoms with Gasteiger partial charge in [0.2, 0.25) is 6.43 Å². The molecule has 0 aromatic rings. The van der Waals surface area contributed by atoms with Gasteiger partial charge in [-0.25, -0.2) is 13.6 Å². The first kappa shape index (κ1) is 10.1. The molecule has 0 atom stereocenters. The number of esters is 1. The lowest BCUT2D eigenvalue weighted by Crippen LogP contribution is -2.09. The van der Waals surface area contributed by atoms with Crippen molar-refractivity contribution in [3.05, 3.63) is 18.6 Å². The predicted octanol–water partition coefficient (Wildman–Crippen LogP) is 1.58. The first-order valence-electron chi connectivity index (χ1n) is 2.98. The summed E-state index contributed by atoms with van der Waals surface area (Å²) in [6.07, 6.45) is -1.95. The van der Waals surface area contributed by atoms with Gasteiger partial charge in [-0.1, -0.05) is 6.58 Å². The zero-order chi connectivity index (χ0) is 8.85. The lowest BCUT2D eigenvalue weighted by molar-refractivity contribution is -0.138. The van der Waals surface area contributed by atoms with Crippen molar-refractivity contribution in [1.82, 2.24) is 0 Å². The van der Waals surface area contributed by atoms with E-state index in [1.165, 1.54) is 6.92 Å². The molecule has 0 N–H and O–H groups in total. The normalized spacial score (nSPS) is 9.82. The molecule has 0 bridgehead atoms. The molecule has 0 aliphatic carbocycles. The number of halogens is 2. The average Bonchev–Trinajstić information content (AvgIpc) is 1.86. The van der Waals surface area contributed by atoms with Crippen LogP contribution in [0.25, 0.3) is 0 Å². The van der Waals surface area contributed by atoms with E-state index in [2.05, 4.69) is 11.3 Å². The Balaban J connectivity index is 3.40. The van der Waals surface area contributed by atoms with Gasteiger partial charge in [0.1, 0.15) is 6.61 Å². The minimum absolute atomic E-state index is 0.202. The summed E-state index contributed by atoms with van der Waals surface area (Å²) in [4.78, 5) is 10.5. The first-order valence-corrected chi connectivity index (χ1v) is 2.98. The van der Waals surface area contributed by atoms with Crippen LogP contribution in [0.15, 0.2) is 12.2 Å². The van der Waals surface area contributed by atoms with Gasteiger partial charge in [0.05, 0.1) is 6.42 Å². The van der Waals surface area contributed by atoms with Crippen molar-refractivity contribution >= 4 is 5.97 Å². The van der Waals surface area contributed by atoms with Gasteiger partial charge in [0.15, 0.2) is 0 Å². The summed E-state index contributed by atoms with van der Waals surface area (Å²) < 4.78 is 27.2. The Morgan fingerprint density at radius 2 is 2.27 bits per heavy atom. The fourth-order valence-electron chi connectivity index (χ4n) is 0.320. The van der Waals surface area contributed by atoms with Crippen LogP contribution in [0, 0.1) is 6.42 Å². The Labute approximate surface area is 63.8 Å². The molecule has 0 aromatic heterocycles. The van der Waals surface area contributed by atoms with E-state index in [0.29, 0.717) is 6.42 Å². The predicted molar refractivity (Wildman–Crippen MR) is 36.1 cm³/mol. The molecular weight excluding hydrogens is 154 g/mol. The second kappa shape index (κ2) is 4.82. The van der Waals surface area contributed by atoms with Crippen LogP contribution in [-0.2, 0) is 9.53 Å². The van der Waals surface area contributed by atoms with Crippen molar-refractivity contribution in [2.45, 2.75) is 13.3 Å². The third-order valence-electron chi connectivity index (χ3n) is 0.837. The van der Waals surface area contributed by atoms with Crippen molar-refractivity contribution in [3.8, 4) is 0 Å². The standard InChI is InChI=1S/C7H9F2O2/c1-5(2)7(10)11-4-3-6(8)9/h3,6H,1,4H2,2H3. The molecule has 0 rings (SSSR count). The Kier molecular flexibility index (Phi) is 4.41. The third kappa shape index (κ3) is 5.51. The molecule has 11 heavy (non-hydrogen) atoms. The highest BCUT2D eigenvalue weighted by Gasteiger charge is 2.06. The van der Waals surface area contributed by atoms with Gasteiger partial charge < -0.3 is 4.74 Å². The molecule has 0 unspecified atom stereocenters. The highest BCUT2D eigenvalue weighted by atomic mass is 19.3. The molecule has 63 valence electrons. The van der Waals surface area contributed by atoms with Crippen LogP contribution in [0.2, 0.25) is 0 Å². The topological polar surface area (TPSA) is 26.3 Å². The largest absolute Gasteiger partial charge is 0.462 e. The molecule has 0 aliphatic rings. The minimum Gasteiger partial charge on any atom is -0.462 e. The number of hydrogen-bond donors (Lipinski definition) is 0. The van der Waals surface area contributed by atoms with E-state index >= 15 is 0 Å². The molecule has 2 nitrogen and oxygen atoms in total. The van der Waals surface area contributed by atoms with E-state index < -0.39 is 12.4 Å². The lowest BCUT2D eigenvalue weighted by Gasteiger charge is -2.01. The van der Waals surface area contributed by atoms with E-state index in [1.54, 1.807) is 0 Å². The highest BCUT2D eigenvalue weighted by Crippen LogP contribution is 1.99. The Morgan fingerprint density at radius 1 is 1.73 bits per heavy atom. The second-order valence-corrected chi connectivity index (χ2v) is 1.95. The van der Waals surface area contributed by atoms with E-state index in [4.69, 9.17) is 0 Å². The smallest absolute Gasteiger partial charge is 0.333 e. The van der Waals surface area contributed by atoms with Gasteiger partial charge in [0, 0.05) is 5.57 Å². The molecule has 0 heterocycles. The summed E-state index contributed by atoms with van der Waals surface area (Å²) in [5, 5.41) is 0.